The van der Waals surface area contributed by atoms with E-state index in [4.69, 9.17) is 9.15 Å². The molecule has 2 aliphatic rings. The summed E-state index contributed by atoms with van der Waals surface area (Å²) >= 11 is 0. The van der Waals surface area contributed by atoms with E-state index in [0.29, 0.717) is 12.2 Å². The molecule has 2 aromatic carbocycles. The van der Waals surface area contributed by atoms with Crippen molar-refractivity contribution in [2.24, 2.45) is 0 Å². The van der Waals surface area contributed by atoms with E-state index >= 15 is 0 Å². The van der Waals surface area contributed by atoms with Gasteiger partial charge in [-0.05, 0) is 63.9 Å². The summed E-state index contributed by atoms with van der Waals surface area (Å²) in [5.74, 6) is 0.446. The average molecular weight is 775 g/mol. The number of carbonyl (C=O) groups excluding carboxylic acids is 1. The van der Waals surface area contributed by atoms with E-state index in [9.17, 15) is 4.79 Å². The second kappa shape index (κ2) is 15.5. The molecule has 0 aromatic heterocycles. The molecule has 0 radical (unpaired) electrons. The predicted molar refractivity (Wildman–Crippen MR) is 147 cm³/mol. The monoisotopic (exact) mass is 777 g/mol. The Hall–Kier alpha value is -1.83. The number of benzene rings is 3. The van der Waals surface area contributed by atoms with Gasteiger partial charge < -0.3 is 19.9 Å². The summed E-state index contributed by atoms with van der Waals surface area (Å²) in [4.78, 5) is 16.3. The molecule has 37 heavy (non-hydrogen) atoms. The van der Waals surface area contributed by atoms with Crippen molar-refractivity contribution in [2.75, 3.05) is 25.0 Å². The Morgan fingerprint density at radius 1 is 1.00 bits per heavy atom. The maximum absolute atomic E-state index is 12.9. The number of ether oxygens (including phenoxy) is 1. The van der Waals surface area contributed by atoms with Crippen molar-refractivity contribution in [3.05, 3.63) is 70.6 Å². The van der Waals surface area contributed by atoms with Crippen LogP contribution < -0.4 is 15.7 Å². The second-order valence-corrected chi connectivity index (χ2v) is 8.13. The Balaban J connectivity index is 0.00000324. The maximum atomic E-state index is 12.9. The number of nitrogens with one attached hydrogen (secondary N) is 2. The van der Waals surface area contributed by atoms with Crippen LogP contribution in [0.1, 0.15) is 42.3 Å². The van der Waals surface area contributed by atoms with Crippen LogP contribution in [0.4, 0.5) is 5.69 Å². The fourth-order valence-corrected chi connectivity index (χ4v) is 4.34. The third-order valence-corrected chi connectivity index (χ3v) is 5.84. The zero-order valence-corrected chi connectivity index (χ0v) is 28.3. The third-order valence-electron chi connectivity index (χ3n) is 5.84. The Morgan fingerprint density at radius 3 is 2.35 bits per heavy atom. The summed E-state index contributed by atoms with van der Waals surface area (Å²) in [5.41, 5.74) is 7.38. The van der Waals surface area contributed by atoms with Crippen molar-refractivity contribution < 1.29 is 66.5 Å². The Labute approximate surface area is 250 Å². The topological polar surface area (TPSA) is 96.9 Å². The van der Waals surface area contributed by atoms with Crippen LogP contribution in [0.25, 0.3) is 33.4 Å². The normalized spacial score (nSPS) is 10.6. The van der Waals surface area contributed by atoms with E-state index in [1.165, 1.54) is 0 Å². The van der Waals surface area contributed by atoms with Gasteiger partial charge >= 0.3 is 5.97 Å². The molecular formula is C28H36MoN2O4PW+. The van der Waals surface area contributed by atoms with Gasteiger partial charge in [0.2, 0.25) is 5.36 Å². The summed E-state index contributed by atoms with van der Waals surface area (Å²) in [6.45, 7) is 12.1. The smallest absolute Gasteiger partial charge is 0.338 e. The largest absolute Gasteiger partial charge is 0.462 e. The molecule has 1 unspecified atom stereocenters. The molecule has 0 amide bonds. The standard InChI is InChI=1S/C28H30N2O3.Mo.H2O.H3P.W/c1-6-29-23-15-25-21(13-17(23)4)27(19-11-9-10-12-20(19)28(31)32-8-3)22-14-18(5)24(30-7-2)16-26(22)33-25;;;;/h9-16,29H,6-8H2,1-5H3;;1H2;1H3;/p+1. The summed E-state index contributed by atoms with van der Waals surface area (Å²) in [7, 11) is 0. The molecule has 0 saturated heterocycles. The fourth-order valence-electron chi connectivity index (χ4n) is 4.34. The molecule has 1 aliphatic heterocycles. The van der Waals surface area contributed by atoms with E-state index in [1.54, 1.807) is 0 Å². The first-order valence-corrected chi connectivity index (χ1v) is 11.6. The van der Waals surface area contributed by atoms with Gasteiger partial charge in [0.25, 0.3) is 0 Å². The number of hydrogen-bond acceptors (Lipinski definition) is 4. The zero-order chi connectivity index (χ0) is 23.5. The van der Waals surface area contributed by atoms with Crippen LogP contribution in [-0.2, 0) is 46.9 Å². The Morgan fingerprint density at radius 2 is 1.70 bits per heavy atom. The molecule has 2 aromatic rings. The van der Waals surface area contributed by atoms with Gasteiger partial charge in [0.1, 0.15) is 17.9 Å². The van der Waals surface area contributed by atoms with Crippen molar-refractivity contribution in [1.82, 2.24) is 0 Å². The minimum atomic E-state index is -0.322. The molecule has 198 valence electrons. The first-order chi connectivity index (χ1) is 16.0. The van der Waals surface area contributed by atoms with Crippen LogP contribution in [-0.4, -0.2) is 31.1 Å². The van der Waals surface area contributed by atoms with Gasteiger partial charge in [0.05, 0.1) is 18.2 Å². The van der Waals surface area contributed by atoms with Gasteiger partial charge in [-0.15, -0.1) is 0 Å². The van der Waals surface area contributed by atoms with Crippen LogP contribution in [0, 0.1) is 13.8 Å². The SMILES string of the molecule is CCNc1cc2oc3cc(=[NH+]CC)c(C)cc-3c(-c3ccccc3C(=O)OCC)c2cc1C.O.P.[Mo].[W]. The van der Waals surface area contributed by atoms with Gasteiger partial charge in [0, 0.05) is 82.5 Å². The van der Waals surface area contributed by atoms with Gasteiger partial charge in [0.15, 0.2) is 0 Å². The molecule has 1 aliphatic carbocycles. The molecule has 0 fully saturated rings. The summed E-state index contributed by atoms with van der Waals surface area (Å²) in [5, 5.41) is 5.42. The van der Waals surface area contributed by atoms with Crippen molar-refractivity contribution in [3.63, 3.8) is 0 Å². The maximum Gasteiger partial charge on any atom is 0.338 e. The molecule has 0 bridgehead atoms. The molecule has 4 rings (SSSR count). The Bertz CT molecular complexity index is 1390. The van der Waals surface area contributed by atoms with Crippen LogP contribution >= 0.6 is 9.90 Å². The van der Waals surface area contributed by atoms with Gasteiger partial charge in [-0.2, -0.15) is 9.90 Å². The molecular weight excluding hydrogens is 739 g/mol. The van der Waals surface area contributed by atoms with E-state index in [0.717, 1.165) is 68.7 Å². The summed E-state index contributed by atoms with van der Waals surface area (Å²) in [6, 6.07) is 16.0. The number of esters is 1. The van der Waals surface area contributed by atoms with Crippen molar-refractivity contribution in [3.8, 4) is 22.5 Å². The summed E-state index contributed by atoms with van der Waals surface area (Å²) in [6.07, 6.45) is 0. The molecule has 6 nitrogen and oxygen atoms in total. The molecule has 0 saturated carbocycles. The molecule has 4 N–H and O–H groups in total. The zero-order valence-electron chi connectivity index (χ0n) is 22.0. The predicted octanol–water partition coefficient (Wildman–Crippen LogP) is 3.66. The van der Waals surface area contributed by atoms with Gasteiger partial charge in [-0.25, -0.2) is 9.79 Å². The van der Waals surface area contributed by atoms with E-state index in [1.807, 2.05) is 31.2 Å². The number of carbonyl (C=O) groups is 1. The van der Waals surface area contributed by atoms with Crippen molar-refractivity contribution in [1.29, 1.82) is 0 Å². The van der Waals surface area contributed by atoms with Crippen LogP contribution in [0.5, 0.6) is 0 Å². The number of fused-ring (bicyclic) bond motifs is 2. The van der Waals surface area contributed by atoms with Crippen molar-refractivity contribution >= 4 is 32.5 Å². The molecule has 1 heterocycles. The number of hydrogen-bond donors (Lipinski definition) is 2. The summed E-state index contributed by atoms with van der Waals surface area (Å²) < 4.78 is 11.8. The average Bonchev–Trinajstić information content (AvgIpc) is 2.80. The van der Waals surface area contributed by atoms with Gasteiger partial charge in [-0.3, -0.25) is 0 Å². The van der Waals surface area contributed by atoms with Crippen LogP contribution in [0.15, 0.2) is 52.9 Å². The number of rotatable bonds is 6. The minimum absolute atomic E-state index is 0. The first kappa shape index (κ1) is 35.2. The molecule has 9 heteroatoms. The van der Waals surface area contributed by atoms with E-state index in [2.05, 4.69) is 62.3 Å². The van der Waals surface area contributed by atoms with E-state index in [-0.39, 0.29) is 63.5 Å². The number of aryl methyl sites for hydroxylation is 2. The second-order valence-electron chi connectivity index (χ2n) is 8.13. The quantitative estimate of drug-likeness (QED) is 0.135. The van der Waals surface area contributed by atoms with Crippen LogP contribution in [0.3, 0.4) is 0 Å². The molecule has 0 spiro atoms. The first-order valence-electron chi connectivity index (χ1n) is 11.6. The van der Waals surface area contributed by atoms with E-state index < -0.39 is 0 Å². The van der Waals surface area contributed by atoms with Crippen LogP contribution in [0.2, 0.25) is 0 Å². The molecule has 1 atom stereocenters. The Kier molecular flexibility index (Phi) is 14.8. The van der Waals surface area contributed by atoms with Gasteiger partial charge in [-0.1, -0.05) is 18.2 Å². The fraction of sp³-hybridized carbons (Fsp3) is 0.286. The minimum Gasteiger partial charge on any atom is -0.462 e. The number of anilines is 1. The third kappa shape index (κ3) is 7.18. The van der Waals surface area contributed by atoms with Crippen molar-refractivity contribution in [2.45, 2.75) is 34.6 Å².